The fraction of sp³-hybridized carbons (Fsp3) is 1.00. The van der Waals surface area contributed by atoms with Crippen molar-refractivity contribution in [2.45, 2.75) is 97.3 Å². The highest BCUT2D eigenvalue weighted by Crippen LogP contribution is 2.22. The van der Waals surface area contributed by atoms with E-state index >= 15 is 0 Å². The summed E-state index contributed by atoms with van der Waals surface area (Å²) in [5, 5.41) is 0.415. The van der Waals surface area contributed by atoms with Crippen LogP contribution in [0, 0.1) is 11.8 Å². The van der Waals surface area contributed by atoms with Gasteiger partial charge in [-0.3, -0.25) is 0 Å². The molecule has 0 heterocycles. The third-order valence-corrected chi connectivity index (χ3v) is 4.46. The zero-order chi connectivity index (χ0) is 13.8. The summed E-state index contributed by atoms with van der Waals surface area (Å²) < 4.78 is 0. The van der Waals surface area contributed by atoms with Crippen LogP contribution in [0.4, 0.5) is 0 Å². The largest absolute Gasteiger partial charge is 0.123 e. The number of hydrogen-bond acceptors (Lipinski definition) is 0. The minimum atomic E-state index is 0.415. The highest BCUT2D eigenvalue weighted by Gasteiger charge is 2.10. The van der Waals surface area contributed by atoms with Gasteiger partial charge in [0.05, 0.1) is 0 Å². The molecule has 0 radical (unpaired) electrons. The Hall–Kier alpha value is 0.290. The van der Waals surface area contributed by atoms with Crippen molar-refractivity contribution in [2.24, 2.45) is 11.8 Å². The molecule has 0 fully saturated rings. The molecule has 110 valence electrons. The van der Waals surface area contributed by atoms with Crippen LogP contribution in [-0.4, -0.2) is 5.38 Å². The first-order valence-corrected chi connectivity index (χ1v) is 8.67. The summed E-state index contributed by atoms with van der Waals surface area (Å²) in [5.74, 6) is 1.73. The Morgan fingerprint density at radius 2 is 1.22 bits per heavy atom. The quantitative estimate of drug-likeness (QED) is 0.271. The Labute approximate surface area is 121 Å². The van der Waals surface area contributed by atoms with Gasteiger partial charge in [0.1, 0.15) is 0 Å². The number of alkyl halides is 1. The molecular formula is C17H35Cl. The van der Waals surface area contributed by atoms with E-state index in [1.165, 1.54) is 64.2 Å². The molecule has 3 atom stereocenters. The molecule has 0 rings (SSSR count). The van der Waals surface area contributed by atoms with E-state index in [2.05, 4.69) is 27.7 Å². The van der Waals surface area contributed by atoms with E-state index in [-0.39, 0.29) is 0 Å². The van der Waals surface area contributed by atoms with E-state index in [1.807, 2.05) is 0 Å². The van der Waals surface area contributed by atoms with Gasteiger partial charge in [-0.05, 0) is 37.5 Å². The van der Waals surface area contributed by atoms with Gasteiger partial charge in [0.15, 0.2) is 0 Å². The molecule has 0 saturated carbocycles. The monoisotopic (exact) mass is 274 g/mol. The van der Waals surface area contributed by atoms with E-state index in [9.17, 15) is 0 Å². The second-order valence-corrected chi connectivity index (χ2v) is 6.86. The average molecular weight is 275 g/mol. The molecule has 3 unspecified atom stereocenters. The summed E-state index contributed by atoms with van der Waals surface area (Å²) in [6, 6.07) is 0. The first-order valence-electron chi connectivity index (χ1n) is 8.24. The highest BCUT2D eigenvalue weighted by molar-refractivity contribution is 6.20. The van der Waals surface area contributed by atoms with Gasteiger partial charge < -0.3 is 0 Å². The Morgan fingerprint density at radius 1 is 0.667 bits per heavy atom. The van der Waals surface area contributed by atoms with Crippen LogP contribution in [0.15, 0.2) is 0 Å². The molecule has 1 heteroatoms. The summed E-state index contributed by atoms with van der Waals surface area (Å²) in [5.41, 5.74) is 0. The zero-order valence-electron chi connectivity index (χ0n) is 13.2. The lowest BCUT2D eigenvalue weighted by Crippen LogP contribution is -2.05. The molecule has 0 nitrogen and oxygen atoms in total. The second kappa shape index (κ2) is 12.3. The SMILES string of the molecule is CCCCCC(C)CCC(Cl)CCC(C)CCC. The standard InChI is InChI=1S/C17H35Cl/c1-5-7-8-10-16(4)12-14-17(18)13-11-15(3)9-6-2/h15-17H,5-14H2,1-4H3. The predicted octanol–water partition coefficient (Wildman–Crippen LogP) is 6.81. The minimum absolute atomic E-state index is 0.415. The molecule has 0 aliphatic rings. The van der Waals surface area contributed by atoms with Crippen molar-refractivity contribution in [1.29, 1.82) is 0 Å². The van der Waals surface area contributed by atoms with Gasteiger partial charge >= 0.3 is 0 Å². The van der Waals surface area contributed by atoms with E-state index in [0.717, 1.165) is 11.8 Å². The number of rotatable bonds is 12. The maximum Gasteiger partial charge on any atom is 0.0336 e. The van der Waals surface area contributed by atoms with Gasteiger partial charge in [-0.2, -0.15) is 0 Å². The minimum Gasteiger partial charge on any atom is -0.123 e. The topological polar surface area (TPSA) is 0 Å². The molecule has 0 aliphatic carbocycles. The summed E-state index contributed by atoms with van der Waals surface area (Å²) in [6.45, 7) is 9.29. The van der Waals surface area contributed by atoms with E-state index in [4.69, 9.17) is 11.6 Å². The van der Waals surface area contributed by atoms with Gasteiger partial charge in [-0.25, -0.2) is 0 Å². The van der Waals surface area contributed by atoms with Crippen molar-refractivity contribution in [3.8, 4) is 0 Å². The van der Waals surface area contributed by atoms with Crippen LogP contribution >= 0.6 is 11.6 Å². The maximum absolute atomic E-state index is 6.43. The van der Waals surface area contributed by atoms with E-state index < -0.39 is 0 Å². The van der Waals surface area contributed by atoms with Gasteiger partial charge in [0, 0.05) is 5.38 Å². The van der Waals surface area contributed by atoms with Crippen LogP contribution in [-0.2, 0) is 0 Å². The third-order valence-electron chi connectivity index (χ3n) is 4.03. The molecule has 18 heavy (non-hydrogen) atoms. The van der Waals surface area contributed by atoms with Crippen molar-refractivity contribution in [3.63, 3.8) is 0 Å². The van der Waals surface area contributed by atoms with Crippen molar-refractivity contribution >= 4 is 11.6 Å². The molecule has 0 bridgehead atoms. The number of unbranched alkanes of at least 4 members (excludes halogenated alkanes) is 2. The number of hydrogen-bond donors (Lipinski definition) is 0. The zero-order valence-corrected chi connectivity index (χ0v) is 13.9. The Bertz CT molecular complexity index is 167. The third kappa shape index (κ3) is 11.4. The summed E-state index contributed by atoms with van der Waals surface area (Å²) in [7, 11) is 0. The van der Waals surface area contributed by atoms with E-state index in [0.29, 0.717) is 5.38 Å². The average Bonchev–Trinajstić information content (AvgIpc) is 2.34. The Balaban J connectivity index is 3.47. The Kier molecular flexibility index (Phi) is 12.5. The molecule has 0 aromatic rings. The molecule has 0 amide bonds. The van der Waals surface area contributed by atoms with Crippen LogP contribution in [0.5, 0.6) is 0 Å². The lowest BCUT2D eigenvalue weighted by atomic mass is 9.94. The summed E-state index contributed by atoms with van der Waals surface area (Å²) >= 11 is 6.43. The maximum atomic E-state index is 6.43. The van der Waals surface area contributed by atoms with Crippen LogP contribution in [0.1, 0.15) is 91.9 Å². The van der Waals surface area contributed by atoms with Crippen molar-refractivity contribution in [2.75, 3.05) is 0 Å². The summed E-state index contributed by atoms with van der Waals surface area (Å²) in [4.78, 5) is 0. The molecule has 0 spiro atoms. The summed E-state index contributed by atoms with van der Waals surface area (Å²) in [6.07, 6.45) is 13.2. The Morgan fingerprint density at radius 3 is 1.72 bits per heavy atom. The first kappa shape index (κ1) is 18.3. The lowest BCUT2D eigenvalue weighted by molar-refractivity contribution is 0.419. The van der Waals surface area contributed by atoms with Crippen LogP contribution < -0.4 is 0 Å². The molecule has 0 N–H and O–H groups in total. The van der Waals surface area contributed by atoms with Crippen molar-refractivity contribution in [3.05, 3.63) is 0 Å². The van der Waals surface area contributed by atoms with Gasteiger partial charge in [0.2, 0.25) is 0 Å². The first-order chi connectivity index (χ1) is 8.60. The van der Waals surface area contributed by atoms with Crippen molar-refractivity contribution < 1.29 is 0 Å². The fourth-order valence-corrected chi connectivity index (χ4v) is 2.85. The molecule has 0 aliphatic heterocycles. The highest BCUT2D eigenvalue weighted by atomic mass is 35.5. The normalized spacial score (nSPS) is 16.5. The lowest BCUT2D eigenvalue weighted by Gasteiger charge is -2.16. The van der Waals surface area contributed by atoms with E-state index in [1.54, 1.807) is 0 Å². The van der Waals surface area contributed by atoms with Crippen LogP contribution in [0.3, 0.4) is 0 Å². The fourth-order valence-electron chi connectivity index (χ4n) is 2.60. The molecule has 0 aromatic carbocycles. The van der Waals surface area contributed by atoms with Gasteiger partial charge in [-0.1, -0.05) is 66.2 Å². The molecule has 0 saturated heterocycles. The van der Waals surface area contributed by atoms with Crippen LogP contribution in [0.25, 0.3) is 0 Å². The van der Waals surface area contributed by atoms with Gasteiger partial charge in [0.25, 0.3) is 0 Å². The molecular weight excluding hydrogens is 240 g/mol. The molecule has 0 aromatic heterocycles. The van der Waals surface area contributed by atoms with Crippen molar-refractivity contribution in [1.82, 2.24) is 0 Å². The van der Waals surface area contributed by atoms with Crippen LogP contribution in [0.2, 0.25) is 0 Å². The second-order valence-electron chi connectivity index (χ2n) is 6.25. The van der Waals surface area contributed by atoms with Gasteiger partial charge in [-0.15, -0.1) is 11.6 Å². The smallest absolute Gasteiger partial charge is 0.0336 e. The predicted molar refractivity (Wildman–Crippen MR) is 85.5 cm³/mol. The number of halogens is 1.